The molecule has 0 bridgehead atoms. The number of nitrogens with zero attached hydrogens (tertiary/aromatic N) is 1. The number of rotatable bonds is 7. The highest BCUT2D eigenvalue weighted by atomic mass is 32.2. The van der Waals surface area contributed by atoms with Crippen molar-refractivity contribution in [1.29, 1.82) is 0 Å². The van der Waals surface area contributed by atoms with E-state index in [0.29, 0.717) is 10.7 Å². The van der Waals surface area contributed by atoms with Crippen LogP contribution in [0.5, 0.6) is 0 Å². The van der Waals surface area contributed by atoms with E-state index in [1.165, 1.54) is 49.2 Å². The van der Waals surface area contributed by atoms with E-state index in [9.17, 15) is 18.0 Å². The van der Waals surface area contributed by atoms with Crippen LogP contribution in [0, 0.1) is 0 Å². The number of benzene rings is 1. The number of amidine groups is 1. The van der Waals surface area contributed by atoms with Crippen LogP contribution in [-0.2, 0) is 15.7 Å². The third-order valence-corrected chi connectivity index (χ3v) is 6.50. The van der Waals surface area contributed by atoms with Crippen molar-refractivity contribution in [3.05, 3.63) is 52.7 Å². The van der Waals surface area contributed by atoms with E-state index in [-0.39, 0.29) is 21.7 Å². The molecule has 0 unspecified atom stereocenters. The fourth-order valence-electron chi connectivity index (χ4n) is 3.05. The van der Waals surface area contributed by atoms with Crippen LogP contribution in [0.25, 0.3) is 0 Å². The lowest BCUT2D eigenvalue weighted by Gasteiger charge is -2.23. The van der Waals surface area contributed by atoms with Crippen molar-refractivity contribution < 1.29 is 22.7 Å². The molecule has 0 heterocycles. The van der Waals surface area contributed by atoms with Gasteiger partial charge in [-0.25, -0.2) is 9.79 Å². The molecule has 10 heteroatoms. The van der Waals surface area contributed by atoms with Crippen LogP contribution in [-0.4, -0.2) is 29.8 Å². The molecule has 1 fully saturated rings. The second-order valence-corrected chi connectivity index (χ2v) is 9.00. The summed E-state index contributed by atoms with van der Waals surface area (Å²) in [6.45, 7) is 3.92. The van der Waals surface area contributed by atoms with Gasteiger partial charge in [0.1, 0.15) is 10.6 Å². The minimum Gasteiger partial charge on any atom is -0.465 e. The monoisotopic (exact) mass is 473 g/mol. The summed E-state index contributed by atoms with van der Waals surface area (Å²) in [5.74, 6) is -0.652. The third kappa shape index (κ3) is 7.53. The Balaban J connectivity index is 2.38. The molecule has 0 aromatic heterocycles. The predicted octanol–water partition coefficient (Wildman–Crippen LogP) is 5.76. The van der Waals surface area contributed by atoms with Crippen molar-refractivity contribution in [3.63, 3.8) is 0 Å². The number of hydrogen-bond donors (Lipinski definition) is 2. The molecule has 1 aromatic carbocycles. The Morgan fingerprint density at radius 2 is 1.84 bits per heavy atom. The van der Waals surface area contributed by atoms with Crippen molar-refractivity contribution in [2.24, 2.45) is 10.7 Å². The zero-order valence-corrected chi connectivity index (χ0v) is 19.1. The van der Waals surface area contributed by atoms with Gasteiger partial charge in [-0.15, -0.1) is 11.8 Å². The van der Waals surface area contributed by atoms with E-state index < -0.39 is 17.7 Å². The molecule has 5 nitrogen and oxygen atoms in total. The van der Waals surface area contributed by atoms with Crippen LogP contribution >= 0.6 is 23.5 Å². The zero-order valence-electron chi connectivity index (χ0n) is 17.4. The van der Waals surface area contributed by atoms with E-state index >= 15 is 0 Å². The highest BCUT2D eigenvalue weighted by Gasteiger charge is 2.30. The Labute approximate surface area is 188 Å². The minimum absolute atomic E-state index is 0.106. The lowest BCUT2D eigenvalue weighted by atomic mass is 10.0. The average molecular weight is 474 g/mol. The summed E-state index contributed by atoms with van der Waals surface area (Å²) in [5, 5.41) is 3.84. The molecule has 31 heavy (non-hydrogen) atoms. The van der Waals surface area contributed by atoms with E-state index in [4.69, 9.17) is 10.5 Å². The number of nitrogens with one attached hydrogen (secondary N) is 1. The topological polar surface area (TPSA) is 76.7 Å². The molecular formula is C21H26F3N3O2S2. The van der Waals surface area contributed by atoms with Gasteiger partial charge in [0.15, 0.2) is 5.17 Å². The van der Waals surface area contributed by atoms with Crippen LogP contribution in [0.1, 0.15) is 37.7 Å². The van der Waals surface area contributed by atoms with Gasteiger partial charge in [0.25, 0.3) is 0 Å². The molecule has 0 saturated heterocycles. The van der Waals surface area contributed by atoms with Crippen molar-refractivity contribution in [2.75, 3.05) is 18.7 Å². The molecule has 1 saturated carbocycles. The number of nitrogens with two attached hydrogens (primary N) is 1. The number of thioether (sulfide) groups is 2. The number of carbonyl (C=O) groups is 1. The van der Waals surface area contributed by atoms with Crippen LogP contribution in [0.2, 0.25) is 0 Å². The van der Waals surface area contributed by atoms with E-state index in [1.807, 2.05) is 0 Å². The summed E-state index contributed by atoms with van der Waals surface area (Å²) >= 11 is 2.70. The van der Waals surface area contributed by atoms with Gasteiger partial charge < -0.3 is 15.8 Å². The van der Waals surface area contributed by atoms with Crippen LogP contribution in [0.4, 0.5) is 18.9 Å². The van der Waals surface area contributed by atoms with Gasteiger partial charge in [0, 0.05) is 16.6 Å². The maximum atomic E-state index is 12.8. The second kappa shape index (κ2) is 11.5. The lowest BCUT2D eigenvalue weighted by molar-refractivity contribution is -0.137. The number of aliphatic imine (C=N–C) groups is 1. The number of esters is 1. The number of alkyl halides is 3. The van der Waals surface area contributed by atoms with E-state index in [0.717, 1.165) is 37.8 Å². The smallest absolute Gasteiger partial charge is 0.416 e. The summed E-state index contributed by atoms with van der Waals surface area (Å²) in [4.78, 5) is 17.0. The molecule has 1 aliphatic rings. The highest BCUT2D eigenvalue weighted by molar-refractivity contribution is 8.13. The number of anilines is 1. The molecule has 0 radical (unpaired) electrons. The first-order valence-electron chi connectivity index (χ1n) is 9.66. The highest BCUT2D eigenvalue weighted by Crippen LogP contribution is 2.37. The number of ether oxygens (including phenoxy) is 1. The first-order valence-corrected chi connectivity index (χ1v) is 11.8. The molecule has 2 rings (SSSR count). The van der Waals surface area contributed by atoms with Gasteiger partial charge in [-0.2, -0.15) is 13.2 Å². The molecule has 0 spiro atoms. The Bertz CT molecular complexity index is 846. The summed E-state index contributed by atoms with van der Waals surface area (Å²) in [7, 11) is 1.25. The first-order chi connectivity index (χ1) is 14.7. The predicted molar refractivity (Wildman–Crippen MR) is 123 cm³/mol. The average Bonchev–Trinajstić information content (AvgIpc) is 2.74. The molecule has 3 N–H and O–H groups in total. The summed E-state index contributed by atoms with van der Waals surface area (Å²) in [6, 6.07) is 4.46. The van der Waals surface area contributed by atoms with Gasteiger partial charge >= 0.3 is 12.1 Å². The Hall–Kier alpha value is -2.07. The molecule has 0 amide bonds. The largest absolute Gasteiger partial charge is 0.465 e. The lowest BCUT2D eigenvalue weighted by Crippen LogP contribution is -2.17. The molecule has 170 valence electrons. The molecule has 0 atom stereocenters. The van der Waals surface area contributed by atoms with Crippen molar-refractivity contribution >= 4 is 40.3 Å². The van der Waals surface area contributed by atoms with E-state index in [2.05, 4.69) is 16.9 Å². The molecule has 0 aliphatic heterocycles. The minimum atomic E-state index is -4.43. The third-order valence-electron chi connectivity index (χ3n) is 4.66. The van der Waals surface area contributed by atoms with Crippen LogP contribution in [0.15, 0.2) is 52.1 Å². The van der Waals surface area contributed by atoms with Gasteiger partial charge in [-0.05, 0) is 43.4 Å². The Morgan fingerprint density at radius 1 is 1.23 bits per heavy atom. The van der Waals surface area contributed by atoms with Gasteiger partial charge in [-0.1, -0.05) is 37.6 Å². The number of halogens is 3. The zero-order chi connectivity index (χ0) is 23.0. The van der Waals surface area contributed by atoms with Gasteiger partial charge in [0.2, 0.25) is 0 Å². The summed E-state index contributed by atoms with van der Waals surface area (Å²) in [6.07, 6.45) is 2.72. The maximum Gasteiger partial charge on any atom is 0.416 e. The first kappa shape index (κ1) is 25.2. The Kier molecular flexibility index (Phi) is 9.36. The standard InChI is InChI=1S/C21H26F3N3O2S2/c1-13(26-15-11-9-14(10-12-15)21(22,23)24)17(19(28)29-2)18(27-20(25)30-3)31-16-7-5-4-6-8-16/h9-12,16,26H,1,4-8H2,2-3H3,(H2,25,27)/b18-17-. The Morgan fingerprint density at radius 3 is 2.35 bits per heavy atom. The van der Waals surface area contributed by atoms with Crippen LogP contribution in [0.3, 0.4) is 0 Å². The fraction of sp³-hybridized carbons (Fsp3) is 0.429. The second-order valence-electron chi connectivity index (χ2n) is 6.88. The normalized spacial score (nSPS) is 16.5. The summed E-state index contributed by atoms with van der Waals surface area (Å²) < 4.78 is 43.4. The molecule has 1 aromatic rings. The fourth-order valence-corrected chi connectivity index (χ4v) is 4.65. The van der Waals surface area contributed by atoms with E-state index in [1.54, 1.807) is 6.26 Å². The quantitative estimate of drug-likeness (QED) is 0.172. The van der Waals surface area contributed by atoms with Gasteiger partial charge in [0.05, 0.1) is 12.7 Å². The molecule has 1 aliphatic carbocycles. The summed E-state index contributed by atoms with van der Waals surface area (Å²) in [5.41, 5.74) is 5.79. The van der Waals surface area contributed by atoms with Crippen molar-refractivity contribution in [3.8, 4) is 0 Å². The number of hydrogen-bond acceptors (Lipinski definition) is 6. The number of methoxy groups -OCH3 is 1. The maximum absolute atomic E-state index is 12.8. The molecular weight excluding hydrogens is 447 g/mol. The van der Waals surface area contributed by atoms with Crippen molar-refractivity contribution in [2.45, 2.75) is 43.5 Å². The van der Waals surface area contributed by atoms with Gasteiger partial charge in [-0.3, -0.25) is 0 Å². The van der Waals surface area contributed by atoms with Crippen molar-refractivity contribution in [1.82, 2.24) is 0 Å². The van der Waals surface area contributed by atoms with Crippen LogP contribution < -0.4 is 11.1 Å². The number of carbonyl (C=O) groups excluding carboxylic acids is 1. The SMILES string of the molecule is C=C(Nc1ccc(C(F)(F)F)cc1)/C(C(=O)OC)=C(\N=C(N)SC)SC1CCCCC1.